The van der Waals surface area contributed by atoms with Crippen LogP contribution in [-0.4, -0.2) is 17.6 Å². The van der Waals surface area contributed by atoms with Gasteiger partial charge in [-0.2, -0.15) is 0 Å². The van der Waals surface area contributed by atoms with E-state index in [1.807, 2.05) is 18.2 Å². The van der Waals surface area contributed by atoms with Gasteiger partial charge < -0.3 is 15.2 Å². The van der Waals surface area contributed by atoms with Gasteiger partial charge in [0.25, 0.3) is 5.91 Å². The summed E-state index contributed by atoms with van der Waals surface area (Å²) in [6.45, 7) is 0.132. The van der Waals surface area contributed by atoms with Crippen molar-refractivity contribution in [2.24, 2.45) is 0 Å². The van der Waals surface area contributed by atoms with Crippen molar-refractivity contribution in [3.8, 4) is 5.75 Å². The molecule has 0 saturated heterocycles. The van der Waals surface area contributed by atoms with E-state index in [9.17, 15) is 9.18 Å². The fourth-order valence-corrected chi connectivity index (χ4v) is 1.80. The van der Waals surface area contributed by atoms with Crippen LogP contribution in [0.25, 0.3) is 0 Å². The molecule has 4 nitrogen and oxygen atoms in total. The summed E-state index contributed by atoms with van der Waals surface area (Å²) in [7, 11) is 0. The number of hydrogen-bond donors (Lipinski definition) is 2. The average Bonchev–Trinajstić information content (AvgIpc) is 2.51. The zero-order valence-corrected chi connectivity index (χ0v) is 11.4. The SMILES string of the molecule is O=C(COc1cccc(F)c1)NCc1cccc(CO)c1. The van der Waals surface area contributed by atoms with Crippen LogP contribution >= 0.6 is 0 Å². The molecule has 0 aromatic heterocycles. The summed E-state index contributed by atoms with van der Waals surface area (Å²) in [5.74, 6) is -0.394. The van der Waals surface area contributed by atoms with E-state index in [-0.39, 0.29) is 19.1 Å². The minimum absolute atomic E-state index is 0.0372. The molecule has 0 aliphatic carbocycles. The molecule has 0 heterocycles. The summed E-state index contributed by atoms with van der Waals surface area (Å²) in [6, 6.07) is 12.9. The number of ether oxygens (including phenoxy) is 1. The number of carbonyl (C=O) groups excluding carboxylic acids is 1. The number of aliphatic hydroxyl groups excluding tert-OH is 1. The summed E-state index contributed by atoms with van der Waals surface area (Å²) < 4.78 is 18.1. The van der Waals surface area contributed by atoms with Crippen molar-refractivity contribution in [1.82, 2.24) is 5.32 Å². The van der Waals surface area contributed by atoms with Gasteiger partial charge in [-0.1, -0.05) is 30.3 Å². The second kappa shape index (κ2) is 7.40. The van der Waals surface area contributed by atoms with E-state index < -0.39 is 5.82 Å². The van der Waals surface area contributed by atoms with Crippen molar-refractivity contribution in [1.29, 1.82) is 0 Å². The lowest BCUT2D eigenvalue weighted by molar-refractivity contribution is -0.123. The Bertz CT molecular complexity index is 616. The molecule has 0 unspecified atom stereocenters. The van der Waals surface area contributed by atoms with Crippen molar-refractivity contribution < 1.29 is 19.0 Å². The van der Waals surface area contributed by atoms with Crippen LogP contribution in [0.5, 0.6) is 5.75 Å². The predicted molar refractivity (Wildman–Crippen MR) is 76.1 cm³/mol. The van der Waals surface area contributed by atoms with Gasteiger partial charge in [-0.15, -0.1) is 0 Å². The molecule has 0 aliphatic rings. The summed E-state index contributed by atoms with van der Waals surface area (Å²) in [5.41, 5.74) is 1.68. The van der Waals surface area contributed by atoms with E-state index in [1.54, 1.807) is 12.1 Å². The van der Waals surface area contributed by atoms with Crippen LogP contribution in [0.4, 0.5) is 4.39 Å². The highest BCUT2D eigenvalue weighted by Crippen LogP contribution is 2.11. The van der Waals surface area contributed by atoms with Gasteiger partial charge in [-0.25, -0.2) is 4.39 Å². The van der Waals surface area contributed by atoms with Crippen LogP contribution in [0.3, 0.4) is 0 Å². The van der Waals surface area contributed by atoms with E-state index in [0.717, 1.165) is 11.1 Å². The van der Waals surface area contributed by atoms with Gasteiger partial charge in [-0.3, -0.25) is 4.79 Å². The first-order chi connectivity index (χ1) is 10.2. The monoisotopic (exact) mass is 289 g/mol. The van der Waals surface area contributed by atoms with Gasteiger partial charge in [0.15, 0.2) is 6.61 Å². The second-order valence-electron chi connectivity index (χ2n) is 4.50. The summed E-state index contributed by atoms with van der Waals surface area (Å²) in [6.07, 6.45) is 0. The standard InChI is InChI=1S/C16H16FNO3/c17-14-5-2-6-15(8-14)21-11-16(20)18-9-12-3-1-4-13(7-12)10-19/h1-8,19H,9-11H2,(H,18,20). The summed E-state index contributed by atoms with van der Waals surface area (Å²) in [5, 5.41) is 11.7. The van der Waals surface area contributed by atoms with Crippen LogP contribution < -0.4 is 10.1 Å². The lowest BCUT2D eigenvalue weighted by Crippen LogP contribution is -2.28. The van der Waals surface area contributed by atoms with Gasteiger partial charge in [0.1, 0.15) is 11.6 Å². The van der Waals surface area contributed by atoms with Crippen molar-refractivity contribution in [3.63, 3.8) is 0 Å². The Balaban J connectivity index is 1.79. The van der Waals surface area contributed by atoms with E-state index >= 15 is 0 Å². The third-order valence-electron chi connectivity index (χ3n) is 2.83. The summed E-state index contributed by atoms with van der Waals surface area (Å²) >= 11 is 0. The zero-order valence-electron chi connectivity index (χ0n) is 11.4. The number of rotatable bonds is 6. The van der Waals surface area contributed by atoms with Crippen LogP contribution in [0.15, 0.2) is 48.5 Å². The lowest BCUT2D eigenvalue weighted by Gasteiger charge is -2.08. The molecule has 0 spiro atoms. The highest BCUT2D eigenvalue weighted by atomic mass is 19.1. The first kappa shape index (κ1) is 15.0. The Hall–Kier alpha value is -2.40. The summed E-state index contributed by atoms with van der Waals surface area (Å²) in [4.78, 5) is 11.6. The maximum Gasteiger partial charge on any atom is 0.258 e. The first-order valence-corrected chi connectivity index (χ1v) is 6.51. The number of benzene rings is 2. The van der Waals surface area contributed by atoms with Crippen LogP contribution in [0.1, 0.15) is 11.1 Å². The van der Waals surface area contributed by atoms with Gasteiger partial charge >= 0.3 is 0 Å². The Labute approximate surface area is 122 Å². The molecule has 0 atom stereocenters. The molecule has 110 valence electrons. The lowest BCUT2D eigenvalue weighted by atomic mass is 10.1. The number of hydrogen-bond acceptors (Lipinski definition) is 3. The normalized spacial score (nSPS) is 10.2. The molecule has 0 radical (unpaired) electrons. The number of halogens is 1. The topological polar surface area (TPSA) is 58.6 Å². The maximum atomic E-state index is 12.9. The van der Waals surface area contributed by atoms with Crippen LogP contribution in [0, 0.1) is 5.82 Å². The minimum Gasteiger partial charge on any atom is -0.484 e. The molecule has 0 saturated carbocycles. The molecule has 1 amide bonds. The molecular weight excluding hydrogens is 273 g/mol. The predicted octanol–water partition coefficient (Wildman–Crippen LogP) is 2.01. The molecule has 2 rings (SSSR count). The van der Waals surface area contributed by atoms with Gasteiger partial charge in [0.05, 0.1) is 6.61 Å². The fourth-order valence-electron chi connectivity index (χ4n) is 1.80. The third kappa shape index (κ3) is 4.89. The molecule has 2 N–H and O–H groups in total. The largest absolute Gasteiger partial charge is 0.484 e. The molecule has 0 fully saturated rings. The number of nitrogens with one attached hydrogen (secondary N) is 1. The van der Waals surface area contributed by atoms with Crippen LogP contribution in [-0.2, 0) is 17.9 Å². The first-order valence-electron chi connectivity index (χ1n) is 6.51. The smallest absolute Gasteiger partial charge is 0.258 e. The van der Waals surface area contributed by atoms with Crippen molar-refractivity contribution in [2.45, 2.75) is 13.2 Å². The molecule has 0 bridgehead atoms. The molecule has 2 aromatic carbocycles. The average molecular weight is 289 g/mol. The van der Waals surface area contributed by atoms with Crippen molar-refractivity contribution >= 4 is 5.91 Å². The van der Waals surface area contributed by atoms with Crippen molar-refractivity contribution in [3.05, 3.63) is 65.5 Å². The van der Waals surface area contributed by atoms with E-state index in [4.69, 9.17) is 9.84 Å². The Kier molecular flexibility index (Phi) is 5.29. The van der Waals surface area contributed by atoms with Gasteiger partial charge in [0, 0.05) is 12.6 Å². The van der Waals surface area contributed by atoms with Gasteiger partial charge in [0.2, 0.25) is 0 Å². The van der Waals surface area contributed by atoms with Gasteiger partial charge in [-0.05, 0) is 23.3 Å². The van der Waals surface area contributed by atoms with Crippen molar-refractivity contribution in [2.75, 3.05) is 6.61 Å². The zero-order chi connectivity index (χ0) is 15.1. The number of amides is 1. The van der Waals surface area contributed by atoms with Crippen LogP contribution in [0.2, 0.25) is 0 Å². The molecular formula is C16H16FNO3. The van der Waals surface area contributed by atoms with E-state index in [0.29, 0.717) is 12.3 Å². The fraction of sp³-hybridized carbons (Fsp3) is 0.188. The highest BCUT2D eigenvalue weighted by molar-refractivity contribution is 5.77. The molecule has 2 aromatic rings. The van der Waals surface area contributed by atoms with E-state index in [2.05, 4.69) is 5.32 Å². The molecule has 0 aliphatic heterocycles. The van der Waals surface area contributed by atoms with E-state index in [1.165, 1.54) is 18.2 Å². The highest BCUT2D eigenvalue weighted by Gasteiger charge is 2.04. The quantitative estimate of drug-likeness (QED) is 0.855. The maximum absolute atomic E-state index is 12.9. The minimum atomic E-state index is -0.409. The second-order valence-corrected chi connectivity index (χ2v) is 4.50. The number of carbonyl (C=O) groups is 1. The Morgan fingerprint density at radius 1 is 1.14 bits per heavy atom. The molecule has 21 heavy (non-hydrogen) atoms. The molecule has 5 heteroatoms. The Morgan fingerprint density at radius 3 is 2.67 bits per heavy atom. The number of aliphatic hydroxyl groups is 1. The Morgan fingerprint density at radius 2 is 1.90 bits per heavy atom. The third-order valence-corrected chi connectivity index (χ3v) is 2.83.